The van der Waals surface area contributed by atoms with Crippen LogP contribution in [0.4, 0.5) is 22.0 Å². The van der Waals surface area contributed by atoms with Gasteiger partial charge in [0.1, 0.15) is 35.5 Å². The summed E-state index contributed by atoms with van der Waals surface area (Å²) in [5.74, 6) is -2.82. The molecule has 4 bridgehead atoms. The molecule has 2 heterocycles. The predicted molar refractivity (Wildman–Crippen MR) is 189 cm³/mol. The number of nitrogens with zero attached hydrogens (tertiary/aromatic N) is 2. The van der Waals surface area contributed by atoms with E-state index in [1.165, 1.54) is 32.2 Å². The number of alkyl halides is 3. The van der Waals surface area contributed by atoms with Crippen LogP contribution in [0.5, 0.6) is 11.5 Å². The largest absolute Gasteiger partial charge is 0.466 e. The third-order valence-electron chi connectivity index (χ3n) is 9.43. The molecule has 1 fully saturated rings. The number of likely N-dealkylation sites (N-methyl/N-ethyl adjacent to an activating group) is 1. The van der Waals surface area contributed by atoms with E-state index >= 15 is 8.78 Å². The van der Waals surface area contributed by atoms with Gasteiger partial charge in [-0.3, -0.25) is 14.4 Å². The van der Waals surface area contributed by atoms with Crippen LogP contribution in [-0.4, -0.2) is 67.4 Å². The van der Waals surface area contributed by atoms with Crippen LogP contribution in [0.2, 0.25) is 0 Å². The fraction of sp³-hybridized carbons (Fsp3) is 0.375. The number of fused-ring (bicyclic) bond motifs is 6. The van der Waals surface area contributed by atoms with Crippen molar-refractivity contribution in [1.82, 2.24) is 15.1 Å². The van der Waals surface area contributed by atoms with E-state index in [0.29, 0.717) is 35.9 Å². The molecule has 53 heavy (non-hydrogen) atoms. The van der Waals surface area contributed by atoms with Crippen molar-refractivity contribution in [3.05, 3.63) is 106 Å². The number of aldehydes is 1. The Morgan fingerprint density at radius 2 is 1.83 bits per heavy atom. The number of esters is 1. The average molecular weight is 740 g/mol. The van der Waals surface area contributed by atoms with Crippen molar-refractivity contribution in [1.29, 1.82) is 0 Å². The Morgan fingerprint density at radius 1 is 1.08 bits per heavy atom. The van der Waals surface area contributed by atoms with Gasteiger partial charge in [0.15, 0.2) is 0 Å². The number of aryl methyl sites for hydroxylation is 2. The number of amides is 1. The lowest BCUT2D eigenvalue weighted by atomic mass is 9.92. The van der Waals surface area contributed by atoms with Gasteiger partial charge in [-0.05, 0) is 124 Å². The number of carbonyl (C=O) groups excluding carboxylic acids is 3. The first-order valence-electron chi connectivity index (χ1n) is 17.4. The Labute approximate surface area is 305 Å². The fourth-order valence-electron chi connectivity index (χ4n) is 6.77. The molecule has 13 heteroatoms. The maximum absolute atomic E-state index is 16.1. The predicted octanol–water partition coefficient (Wildman–Crippen LogP) is 8.20. The van der Waals surface area contributed by atoms with Crippen molar-refractivity contribution in [2.45, 2.75) is 64.7 Å². The number of allylic oxidation sites excluding steroid dienone is 3. The average Bonchev–Trinajstić information content (AvgIpc) is 3.06. The highest BCUT2D eigenvalue weighted by atomic mass is 19.4. The number of ether oxygens (including phenoxy) is 2. The minimum atomic E-state index is -4.92. The Morgan fingerprint density at radius 3 is 2.49 bits per heavy atom. The van der Waals surface area contributed by atoms with Crippen molar-refractivity contribution in [3.8, 4) is 22.6 Å². The second-order valence-electron chi connectivity index (χ2n) is 13.2. The zero-order valence-corrected chi connectivity index (χ0v) is 30.0. The number of carbonyl (C=O) groups is 3. The summed E-state index contributed by atoms with van der Waals surface area (Å²) in [6, 6.07) is 9.10. The van der Waals surface area contributed by atoms with Gasteiger partial charge in [-0.25, -0.2) is 8.78 Å². The Balaban J connectivity index is 1.71. The minimum Gasteiger partial charge on any atom is -0.466 e. The Hall–Kier alpha value is -5.04. The standard InChI is InChI=1S/C40H42F5N3O5/c1-5-52-35(50)22-33-30-20-27(19-25(3)37(30)42)36-24(2)9-6-11-34(36)53-28-12-13-32(41)29(21-28)38(39(51)46-33)47(4)23-26(10-7-15-48-16-8-17-48)31(14-18-49)40(43,44)45/h6,9,11-14,18-21,23,33,38H,5,7-8,10,15-17,22H2,1-4H3,(H,46,51)/b26-23-,31-14+/t33-,38?/m0/s1. The number of rotatable bonds is 11. The molecule has 2 aliphatic heterocycles. The number of halogens is 5. The number of benzene rings is 3. The molecule has 1 unspecified atom stereocenters. The number of hydrogen-bond acceptors (Lipinski definition) is 7. The van der Waals surface area contributed by atoms with Gasteiger partial charge in [-0.15, -0.1) is 0 Å². The van der Waals surface area contributed by atoms with Gasteiger partial charge in [0.25, 0.3) is 0 Å². The van der Waals surface area contributed by atoms with Crippen molar-refractivity contribution in [2.75, 3.05) is 33.3 Å². The Bertz CT molecular complexity index is 1920. The van der Waals surface area contributed by atoms with E-state index in [-0.39, 0.29) is 47.3 Å². The molecular weight excluding hydrogens is 697 g/mol. The zero-order valence-electron chi connectivity index (χ0n) is 30.0. The second-order valence-corrected chi connectivity index (χ2v) is 13.2. The van der Waals surface area contributed by atoms with Crippen molar-refractivity contribution in [2.24, 2.45) is 0 Å². The van der Waals surface area contributed by atoms with Gasteiger partial charge in [-0.1, -0.05) is 12.1 Å². The molecule has 0 radical (unpaired) electrons. The van der Waals surface area contributed by atoms with Crippen molar-refractivity contribution < 1.29 is 45.8 Å². The third-order valence-corrected chi connectivity index (χ3v) is 9.43. The lowest BCUT2D eigenvalue weighted by molar-refractivity contribution is -0.144. The van der Waals surface area contributed by atoms with Gasteiger partial charge >= 0.3 is 12.1 Å². The fourth-order valence-corrected chi connectivity index (χ4v) is 6.77. The molecule has 1 saturated heterocycles. The summed E-state index contributed by atoms with van der Waals surface area (Å²) in [4.78, 5) is 42.0. The topological polar surface area (TPSA) is 88.2 Å². The van der Waals surface area contributed by atoms with Crippen LogP contribution in [0.1, 0.15) is 66.9 Å². The molecule has 0 saturated carbocycles. The van der Waals surface area contributed by atoms with Gasteiger partial charge < -0.3 is 24.6 Å². The summed E-state index contributed by atoms with van der Waals surface area (Å²) in [6.45, 7) is 7.15. The molecule has 3 aromatic carbocycles. The summed E-state index contributed by atoms with van der Waals surface area (Å²) in [5.41, 5.74) is 0.262. The van der Waals surface area contributed by atoms with E-state index < -0.39 is 53.8 Å². The first-order chi connectivity index (χ1) is 25.2. The highest BCUT2D eigenvalue weighted by Crippen LogP contribution is 2.41. The molecule has 8 nitrogen and oxygen atoms in total. The van der Waals surface area contributed by atoms with Crippen LogP contribution < -0.4 is 10.1 Å². The minimum absolute atomic E-state index is 0.00943. The molecule has 5 rings (SSSR count). The van der Waals surface area contributed by atoms with E-state index in [2.05, 4.69) is 10.2 Å². The third kappa shape index (κ3) is 9.13. The number of nitrogens with one attached hydrogen (secondary N) is 1. The highest BCUT2D eigenvalue weighted by Gasteiger charge is 2.37. The van der Waals surface area contributed by atoms with Crippen molar-refractivity contribution in [3.63, 3.8) is 0 Å². The quantitative estimate of drug-likeness (QED) is 0.0698. The monoisotopic (exact) mass is 739 g/mol. The summed E-state index contributed by atoms with van der Waals surface area (Å²) in [5, 5.41) is 2.70. The number of hydrogen-bond donors (Lipinski definition) is 1. The Kier molecular flexibility index (Phi) is 12.4. The zero-order chi connectivity index (χ0) is 38.4. The molecule has 2 atom stereocenters. The molecular formula is C40H42F5N3O5. The summed E-state index contributed by atoms with van der Waals surface area (Å²) < 4.78 is 86.7. The molecule has 2 aliphatic rings. The van der Waals surface area contributed by atoms with Crippen LogP contribution in [0, 0.1) is 25.5 Å². The first-order valence-corrected chi connectivity index (χ1v) is 17.4. The molecule has 3 aromatic rings. The molecule has 1 N–H and O–H groups in total. The normalized spacial score (nSPS) is 17.9. The molecule has 282 valence electrons. The molecule has 0 aliphatic carbocycles. The maximum atomic E-state index is 16.1. The van der Waals surface area contributed by atoms with E-state index in [1.54, 1.807) is 25.1 Å². The van der Waals surface area contributed by atoms with Gasteiger partial charge in [-0.2, -0.15) is 13.2 Å². The molecule has 1 amide bonds. The highest BCUT2D eigenvalue weighted by molar-refractivity contribution is 5.85. The van der Waals surface area contributed by atoms with Gasteiger partial charge in [0.2, 0.25) is 5.91 Å². The van der Waals surface area contributed by atoms with E-state index in [9.17, 15) is 27.6 Å². The van der Waals surface area contributed by atoms with Crippen LogP contribution in [0.15, 0.2) is 72.0 Å². The van der Waals surface area contributed by atoms with Crippen LogP contribution in [0.3, 0.4) is 0 Å². The summed E-state index contributed by atoms with van der Waals surface area (Å²) >= 11 is 0. The van der Waals surface area contributed by atoms with E-state index in [4.69, 9.17) is 9.47 Å². The van der Waals surface area contributed by atoms with E-state index in [0.717, 1.165) is 42.2 Å². The van der Waals surface area contributed by atoms with Gasteiger partial charge in [0, 0.05) is 29.9 Å². The van der Waals surface area contributed by atoms with Crippen LogP contribution >= 0.6 is 0 Å². The second kappa shape index (κ2) is 16.7. The first kappa shape index (κ1) is 39.2. The molecule has 0 spiro atoms. The molecule has 0 aromatic heterocycles. The van der Waals surface area contributed by atoms with Crippen LogP contribution in [-0.2, 0) is 19.1 Å². The summed E-state index contributed by atoms with van der Waals surface area (Å²) in [7, 11) is 1.31. The number of likely N-dealkylation sites (tertiary alicyclic amines) is 1. The summed E-state index contributed by atoms with van der Waals surface area (Å²) in [6.07, 6.45) is -2.68. The smallest absolute Gasteiger partial charge is 0.416 e. The lowest BCUT2D eigenvalue weighted by Gasteiger charge is -2.32. The SMILES string of the molecule is CCOC(=O)C[C@@H]1NC(=O)C(N(C)/C=C(CCCN2CCC2)\C(=C/C=O)C(F)(F)F)c2cc(ccc2F)Oc2cccc(C)c2-c2cc(C)c(F)c1c2. The van der Waals surface area contributed by atoms with E-state index in [1.807, 2.05) is 13.0 Å². The van der Waals surface area contributed by atoms with Gasteiger partial charge in [0.05, 0.1) is 24.6 Å². The maximum Gasteiger partial charge on any atom is 0.416 e. The van der Waals surface area contributed by atoms with Crippen molar-refractivity contribution >= 4 is 18.2 Å². The van der Waals surface area contributed by atoms with Crippen LogP contribution in [0.25, 0.3) is 11.1 Å². The lowest BCUT2D eigenvalue weighted by Crippen LogP contribution is -2.40.